The average molecular weight is 184 g/mol. The summed E-state index contributed by atoms with van der Waals surface area (Å²) in [6.07, 6.45) is 2.13. The lowest BCUT2D eigenvalue weighted by Crippen LogP contribution is -2.42. The Hall–Kier alpha value is -0.570. The highest BCUT2D eigenvalue weighted by Gasteiger charge is 2.24. The maximum Gasteiger partial charge on any atom is 0.239 e. The Balaban J connectivity index is 2.36. The number of likely N-dealkylation sites (N-methyl/N-ethyl adjacent to an activating group) is 1. The largest absolute Gasteiger partial charge is 0.344 e. The van der Waals surface area contributed by atoms with Gasteiger partial charge < -0.3 is 10.2 Å². The van der Waals surface area contributed by atoms with Gasteiger partial charge in [0.1, 0.15) is 0 Å². The number of rotatable bonds is 3. The van der Waals surface area contributed by atoms with Crippen molar-refractivity contribution in [2.24, 2.45) is 5.92 Å². The molecule has 0 spiro atoms. The number of carbonyl (C=O) groups excluding carboxylic acids is 1. The van der Waals surface area contributed by atoms with Crippen LogP contribution in [0.15, 0.2) is 0 Å². The van der Waals surface area contributed by atoms with Crippen molar-refractivity contribution in [3.63, 3.8) is 0 Å². The molecule has 13 heavy (non-hydrogen) atoms. The van der Waals surface area contributed by atoms with Gasteiger partial charge in [-0.25, -0.2) is 0 Å². The fourth-order valence-corrected chi connectivity index (χ4v) is 1.80. The summed E-state index contributed by atoms with van der Waals surface area (Å²) in [5.74, 6) is 0.807. The van der Waals surface area contributed by atoms with Crippen LogP contribution in [0.2, 0.25) is 0 Å². The van der Waals surface area contributed by atoms with Gasteiger partial charge in [0.2, 0.25) is 5.91 Å². The van der Waals surface area contributed by atoms with E-state index in [1.165, 1.54) is 0 Å². The van der Waals surface area contributed by atoms with Crippen LogP contribution >= 0.6 is 0 Å². The van der Waals surface area contributed by atoms with Crippen molar-refractivity contribution in [2.75, 3.05) is 20.1 Å². The third-order valence-electron chi connectivity index (χ3n) is 2.37. The van der Waals surface area contributed by atoms with Gasteiger partial charge in [-0.2, -0.15) is 0 Å². The standard InChI is InChI=1S/C10H20N2O/c1-8(2)7-12(3)10(13)9-5-4-6-11-9/h8-9,11H,4-7H2,1-3H3/t9-/m0/s1. The summed E-state index contributed by atoms with van der Waals surface area (Å²) < 4.78 is 0. The zero-order valence-electron chi connectivity index (χ0n) is 8.84. The van der Waals surface area contributed by atoms with Gasteiger partial charge in [0.05, 0.1) is 6.04 Å². The van der Waals surface area contributed by atoms with Gasteiger partial charge in [0.15, 0.2) is 0 Å². The van der Waals surface area contributed by atoms with Gasteiger partial charge >= 0.3 is 0 Å². The molecule has 1 aliphatic heterocycles. The van der Waals surface area contributed by atoms with E-state index in [9.17, 15) is 4.79 Å². The maximum atomic E-state index is 11.7. The van der Waals surface area contributed by atoms with E-state index in [0.29, 0.717) is 5.92 Å². The van der Waals surface area contributed by atoms with E-state index < -0.39 is 0 Å². The van der Waals surface area contributed by atoms with Crippen LogP contribution < -0.4 is 5.32 Å². The van der Waals surface area contributed by atoms with Crippen molar-refractivity contribution in [2.45, 2.75) is 32.7 Å². The summed E-state index contributed by atoms with van der Waals surface area (Å²) in [5.41, 5.74) is 0. The molecule has 1 atom stereocenters. The number of nitrogens with one attached hydrogen (secondary N) is 1. The summed E-state index contributed by atoms with van der Waals surface area (Å²) in [7, 11) is 1.89. The topological polar surface area (TPSA) is 32.3 Å². The third-order valence-corrected chi connectivity index (χ3v) is 2.37. The van der Waals surface area contributed by atoms with Gasteiger partial charge in [0.25, 0.3) is 0 Å². The van der Waals surface area contributed by atoms with E-state index >= 15 is 0 Å². The number of hydrogen-bond acceptors (Lipinski definition) is 2. The van der Waals surface area contributed by atoms with Gasteiger partial charge in [-0.15, -0.1) is 0 Å². The van der Waals surface area contributed by atoms with Crippen molar-refractivity contribution in [3.05, 3.63) is 0 Å². The van der Waals surface area contributed by atoms with Crippen LogP contribution in [-0.2, 0) is 4.79 Å². The lowest BCUT2D eigenvalue weighted by atomic mass is 10.1. The van der Waals surface area contributed by atoms with E-state index in [1.54, 1.807) is 0 Å². The molecular weight excluding hydrogens is 164 g/mol. The van der Waals surface area contributed by atoms with Gasteiger partial charge in [-0.1, -0.05) is 13.8 Å². The van der Waals surface area contributed by atoms with Crippen LogP contribution in [0.1, 0.15) is 26.7 Å². The predicted molar refractivity (Wildman–Crippen MR) is 53.5 cm³/mol. The van der Waals surface area contributed by atoms with E-state index in [2.05, 4.69) is 19.2 Å². The molecule has 0 unspecified atom stereocenters. The summed E-state index contributed by atoms with van der Waals surface area (Å²) >= 11 is 0. The Morgan fingerprint density at radius 3 is 2.77 bits per heavy atom. The lowest BCUT2D eigenvalue weighted by molar-refractivity contribution is -0.132. The average Bonchev–Trinajstić information content (AvgIpc) is 2.53. The second kappa shape index (κ2) is 4.61. The predicted octanol–water partition coefficient (Wildman–Crippen LogP) is 0.853. The minimum absolute atomic E-state index is 0.0868. The molecule has 1 saturated heterocycles. The molecule has 0 radical (unpaired) electrons. The van der Waals surface area contributed by atoms with Crippen molar-refractivity contribution >= 4 is 5.91 Å². The van der Waals surface area contributed by atoms with Crippen LogP contribution in [0.5, 0.6) is 0 Å². The van der Waals surface area contributed by atoms with Gasteiger partial charge in [-0.3, -0.25) is 4.79 Å². The molecule has 0 aromatic carbocycles. The van der Waals surface area contributed by atoms with Crippen molar-refractivity contribution in [1.82, 2.24) is 10.2 Å². The molecule has 1 aliphatic rings. The minimum atomic E-state index is 0.0868. The molecule has 0 aromatic rings. The first-order valence-electron chi connectivity index (χ1n) is 5.09. The maximum absolute atomic E-state index is 11.7. The summed E-state index contributed by atoms with van der Waals surface area (Å²) in [4.78, 5) is 13.6. The summed E-state index contributed by atoms with van der Waals surface area (Å²) in [6.45, 7) is 6.11. The second-order valence-electron chi connectivity index (χ2n) is 4.26. The minimum Gasteiger partial charge on any atom is -0.344 e. The number of carbonyl (C=O) groups is 1. The third kappa shape index (κ3) is 2.99. The Kier molecular flexibility index (Phi) is 3.72. The first-order chi connectivity index (χ1) is 6.11. The van der Waals surface area contributed by atoms with Crippen LogP contribution in [0.3, 0.4) is 0 Å². The zero-order chi connectivity index (χ0) is 9.84. The molecule has 76 valence electrons. The molecule has 0 aromatic heterocycles. The number of amides is 1. The van der Waals surface area contributed by atoms with Crippen LogP contribution in [-0.4, -0.2) is 37.0 Å². The number of nitrogens with zero attached hydrogens (tertiary/aromatic N) is 1. The fraction of sp³-hybridized carbons (Fsp3) is 0.900. The molecule has 3 heteroatoms. The second-order valence-corrected chi connectivity index (χ2v) is 4.26. The summed E-state index contributed by atoms with van der Waals surface area (Å²) in [6, 6.07) is 0.0868. The summed E-state index contributed by atoms with van der Waals surface area (Å²) in [5, 5.41) is 3.22. The first-order valence-corrected chi connectivity index (χ1v) is 5.09. The van der Waals surface area contributed by atoms with Gasteiger partial charge in [0, 0.05) is 13.6 Å². The number of hydrogen-bond donors (Lipinski definition) is 1. The fourth-order valence-electron chi connectivity index (χ4n) is 1.80. The van der Waals surface area contributed by atoms with Crippen LogP contribution in [0.25, 0.3) is 0 Å². The Labute approximate surface area is 80.5 Å². The molecule has 3 nitrogen and oxygen atoms in total. The molecule has 1 N–H and O–H groups in total. The van der Waals surface area contributed by atoms with E-state index in [0.717, 1.165) is 25.9 Å². The molecule has 0 bridgehead atoms. The lowest BCUT2D eigenvalue weighted by Gasteiger charge is -2.22. The Bertz CT molecular complexity index is 174. The molecule has 1 rings (SSSR count). The quantitative estimate of drug-likeness (QED) is 0.705. The highest BCUT2D eigenvalue weighted by Crippen LogP contribution is 2.08. The van der Waals surface area contributed by atoms with Crippen molar-refractivity contribution < 1.29 is 4.79 Å². The van der Waals surface area contributed by atoms with Crippen molar-refractivity contribution in [1.29, 1.82) is 0 Å². The Morgan fingerprint density at radius 1 is 1.62 bits per heavy atom. The van der Waals surface area contributed by atoms with E-state index in [-0.39, 0.29) is 11.9 Å². The molecule has 1 fully saturated rings. The molecule has 0 aliphatic carbocycles. The van der Waals surface area contributed by atoms with E-state index in [1.807, 2.05) is 11.9 Å². The van der Waals surface area contributed by atoms with Crippen LogP contribution in [0.4, 0.5) is 0 Å². The molecule has 1 amide bonds. The molecule has 1 heterocycles. The smallest absolute Gasteiger partial charge is 0.239 e. The monoisotopic (exact) mass is 184 g/mol. The van der Waals surface area contributed by atoms with Crippen LogP contribution in [0, 0.1) is 5.92 Å². The van der Waals surface area contributed by atoms with E-state index in [4.69, 9.17) is 0 Å². The van der Waals surface area contributed by atoms with Crippen molar-refractivity contribution in [3.8, 4) is 0 Å². The SMILES string of the molecule is CC(C)CN(C)C(=O)[C@@H]1CCCN1. The van der Waals surface area contributed by atoms with Gasteiger partial charge in [-0.05, 0) is 25.3 Å². The zero-order valence-corrected chi connectivity index (χ0v) is 8.84. The molecule has 0 saturated carbocycles. The Morgan fingerprint density at radius 2 is 2.31 bits per heavy atom. The normalized spacial score (nSPS) is 22.3. The first kappa shape index (κ1) is 10.5. The highest BCUT2D eigenvalue weighted by molar-refractivity contribution is 5.81. The molecular formula is C10H20N2O. The highest BCUT2D eigenvalue weighted by atomic mass is 16.2.